The Bertz CT molecular complexity index is 1140. The lowest BCUT2D eigenvalue weighted by Crippen LogP contribution is -2.46. The van der Waals surface area contributed by atoms with Gasteiger partial charge in [-0.3, -0.25) is 4.79 Å². The average Bonchev–Trinajstić information content (AvgIpc) is 3.36. The van der Waals surface area contributed by atoms with E-state index in [0.29, 0.717) is 35.8 Å². The maximum absolute atomic E-state index is 13.5. The molecule has 0 spiro atoms. The Morgan fingerprint density at radius 1 is 1.16 bits per heavy atom. The number of hydrogen-bond donors (Lipinski definition) is 0. The Kier molecular flexibility index (Phi) is 6.33. The minimum atomic E-state index is -0.674. The first-order valence-corrected chi connectivity index (χ1v) is 11.2. The van der Waals surface area contributed by atoms with Crippen molar-refractivity contribution in [1.82, 2.24) is 4.90 Å². The van der Waals surface area contributed by atoms with Gasteiger partial charge in [0.1, 0.15) is 5.75 Å². The van der Waals surface area contributed by atoms with E-state index in [1.807, 2.05) is 34.5 Å². The number of hydrogen-bond acceptors (Lipinski definition) is 6. The van der Waals surface area contributed by atoms with Crippen LogP contribution in [0.2, 0.25) is 0 Å². The van der Waals surface area contributed by atoms with Crippen LogP contribution in [-0.4, -0.2) is 37.7 Å². The molecule has 164 valence electrons. The highest BCUT2D eigenvalue weighted by Gasteiger charge is 2.36. The molecule has 1 aliphatic rings. The molecule has 0 bridgehead atoms. The first-order valence-electron chi connectivity index (χ1n) is 10.3. The monoisotopic (exact) mass is 448 g/mol. The molecule has 0 fully saturated rings. The fraction of sp³-hybridized carbons (Fsp3) is 0.280. The van der Waals surface area contributed by atoms with Gasteiger partial charge in [-0.25, -0.2) is 0 Å². The van der Waals surface area contributed by atoms with E-state index in [0.717, 1.165) is 16.0 Å². The number of rotatable bonds is 6. The van der Waals surface area contributed by atoms with Gasteiger partial charge in [0.05, 0.1) is 31.9 Å². The zero-order valence-corrected chi connectivity index (χ0v) is 19.0. The van der Waals surface area contributed by atoms with E-state index in [-0.39, 0.29) is 11.9 Å². The summed E-state index contributed by atoms with van der Waals surface area (Å²) in [5, 5.41) is 11.0. The molecule has 6 nitrogen and oxygen atoms in total. The summed E-state index contributed by atoms with van der Waals surface area (Å²) in [7, 11) is 3.24. The molecule has 7 heteroatoms. The number of amides is 1. The number of carbonyl (C=O) groups is 1. The summed E-state index contributed by atoms with van der Waals surface area (Å²) in [6, 6.07) is 16.7. The number of thiophene rings is 1. The molecule has 32 heavy (non-hydrogen) atoms. The summed E-state index contributed by atoms with van der Waals surface area (Å²) in [5.41, 5.74) is 2.73. The van der Waals surface area contributed by atoms with Gasteiger partial charge >= 0.3 is 0 Å². The molecule has 2 aromatic carbocycles. The SMILES string of the molecule is COc1cc2c(cc1OC)C(c1cccs1)N(C(=O)C(C)Oc1ccc(C#N)cc1)CC2. The molecule has 2 atom stereocenters. The van der Waals surface area contributed by atoms with Gasteiger partial charge in [-0.2, -0.15) is 5.26 Å². The minimum absolute atomic E-state index is 0.0896. The van der Waals surface area contributed by atoms with Gasteiger partial charge in [0.15, 0.2) is 17.6 Å². The Hall–Kier alpha value is -3.50. The van der Waals surface area contributed by atoms with Gasteiger partial charge in [0.2, 0.25) is 0 Å². The molecule has 1 amide bonds. The van der Waals surface area contributed by atoms with Crippen LogP contribution in [0, 0.1) is 11.3 Å². The van der Waals surface area contributed by atoms with E-state index in [1.54, 1.807) is 56.7 Å². The van der Waals surface area contributed by atoms with Crippen molar-refractivity contribution in [1.29, 1.82) is 5.26 Å². The predicted octanol–water partition coefficient (Wildman–Crippen LogP) is 4.58. The zero-order chi connectivity index (χ0) is 22.7. The Balaban J connectivity index is 1.65. The van der Waals surface area contributed by atoms with E-state index < -0.39 is 6.10 Å². The van der Waals surface area contributed by atoms with Crippen molar-refractivity contribution in [2.75, 3.05) is 20.8 Å². The zero-order valence-electron chi connectivity index (χ0n) is 18.2. The second kappa shape index (κ2) is 9.33. The third-order valence-electron chi connectivity index (χ3n) is 5.61. The van der Waals surface area contributed by atoms with Gasteiger partial charge in [-0.15, -0.1) is 11.3 Å². The van der Waals surface area contributed by atoms with Crippen LogP contribution in [0.5, 0.6) is 17.2 Å². The molecule has 0 N–H and O–H groups in total. The second-order valence-corrected chi connectivity index (χ2v) is 8.48. The van der Waals surface area contributed by atoms with Crippen molar-refractivity contribution >= 4 is 17.2 Å². The summed E-state index contributed by atoms with van der Waals surface area (Å²) < 4.78 is 16.9. The van der Waals surface area contributed by atoms with Crippen molar-refractivity contribution in [2.24, 2.45) is 0 Å². The lowest BCUT2D eigenvalue weighted by atomic mass is 9.90. The molecule has 4 rings (SSSR count). The van der Waals surface area contributed by atoms with Crippen LogP contribution in [0.15, 0.2) is 53.9 Å². The van der Waals surface area contributed by atoms with E-state index in [2.05, 4.69) is 6.07 Å². The van der Waals surface area contributed by atoms with Crippen LogP contribution >= 0.6 is 11.3 Å². The van der Waals surface area contributed by atoms with Crippen LogP contribution in [0.3, 0.4) is 0 Å². The molecule has 1 aromatic heterocycles. The van der Waals surface area contributed by atoms with Crippen LogP contribution in [0.1, 0.15) is 34.5 Å². The van der Waals surface area contributed by atoms with Gasteiger partial charge in [0, 0.05) is 11.4 Å². The molecule has 3 aromatic rings. The van der Waals surface area contributed by atoms with Gasteiger partial charge in [0.25, 0.3) is 5.91 Å². The quantitative estimate of drug-likeness (QED) is 0.552. The normalized spacial score (nSPS) is 15.9. The lowest BCUT2D eigenvalue weighted by molar-refractivity contribution is -0.140. The van der Waals surface area contributed by atoms with E-state index in [9.17, 15) is 4.79 Å². The number of fused-ring (bicyclic) bond motifs is 1. The van der Waals surface area contributed by atoms with Crippen LogP contribution < -0.4 is 14.2 Å². The number of benzene rings is 2. The average molecular weight is 449 g/mol. The van der Waals surface area contributed by atoms with E-state index >= 15 is 0 Å². The third kappa shape index (κ3) is 4.14. The number of methoxy groups -OCH3 is 2. The summed E-state index contributed by atoms with van der Waals surface area (Å²) in [5.74, 6) is 1.80. The van der Waals surface area contributed by atoms with Gasteiger partial charge in [-0.05, 0) is 72.3 Å². The second-order valence-electron chi connectivity index (χ2n) is 7.50. The largest absolute Gasteiger partial charge is 0.493 e. The molecule has 2 unspecified atom stereocenters. The van der Waals surface area contributed by atoms with Crippen LogP contribution in [-0.2, 0) is 11.2 Å². The highest BCUT2D eigenvalue weighted by molar-refractivity contribution is 7.10. The smallest absolute Gasteiger partial charge is 0.264 e. The number of nitrogens with zero attached hydrogens (tertiary/aromatic N) is 2. The maximum atomic E-state index is 13.5. The number of nitriles is 1. The van der Waals surface area contributed by atoms with E-state index in [1.165, 1.54) is 0 Å². The minimum Gasteiger partial charge on any atom is -0.493 e. The molecule has 0 radical (unpaired) electrons. The fourth-order valence-electron chi connectivity index (χ4n) is 4.03. The number of carbonyl (C=O) groups excluding carboxylic acids is 1. The Labute approximate surface area is 191 Å². The Morgan fingerprint density at radius 2 is 1.88 bits per heavy atom. The lowest BCUT2D eigenvalue weighted by Gasteiger charge is -2.38. The van der Waals surface area contributed by atoms with Crippen molar-refractivity contribution in [3.8, 4) is 23.3 Å². The van der Waals surface area contributed by atoms with Crippen LogP contribution in [0.25, 0.3) is 0 Å². The van der Waals surface area contributed by atoms with Crippen molar-refractivity contribution in [3.05, 3.63) is 75.5 Å². The maximum Gasteiger partial charge on any atom is 0.264 e. The number of ether oxygens (including phenoxy) is 3. The van der Waals surface area contributed by atoms with Crippen molar-refractivity contribution in [2.45, 2.75) is 25.5 Å². The predicted molar refractivity (Wildman–Crippen MR) is 122 cm³/mol. The highest BCUT2D eigenvalue weighted by atomic mass is 32.1. The summed E-state index contributed by atoms with van der Waals surface area (Å²) in [6.07, 6.45) is 0.0412. The molecule has 2 heterocycles. The van der Waals surface area contributed by atoms with E-state index in [4.69, 9.17) is 19.5 Å². The van der Waals surface area contributed by atoms with Crippen molar-refractivity contribution < 1.29 is 19.0 Å². The Morgan fingerprint density at radius 3 is 2.50 bits per heavy atom. The topological polar surface area (TPSA) is 71.8 Å². The standard InChI is InChI=1S/C25H24N2O4S/c1-16(31-19-8-6-17(15-26)7-9-19)25(28)27-11-10-18-13-21(29-2)22(30-3)14-20(18)24(27)23-5-4-12-32-23/h4-9,12-14,16,24H,10-11H2,1-3H3. The molecule has 0 aliphatic carbocycles. The molecular weight excluding hydrogens is 424 g/mol. The molecule has 1 aliphatic heterocycles. The highest BCUT2D eigenvalue weighted by Crippen LogP contribution is 2.42. The third-order valence-corrected chi connectivity index (χ3v) is 6.54. The van der Waals surface area contributed by atoms with Crippen LogP contribution in [0.4, 0.5) is 0 Å². The summed E-state index contributed by atoms with van der Waals surface area (Å²) in [6.45, 7) is 2.33. The molecule has 0 saturated carbocycles. The summed E-state index contributed by atoms with van der Waals surface area (Å²) >= 11 is 1.62. The first kappa shape index (κ1) is 21.7. The molecule has 0 saturated heterocycles. The summed E-state index contributed by atoms with van der Waals surface area (Å²) in [4.78, 5) is 16.5. The van der Waals surface area contributed by atoms with Gasteiger partial charge in [-0.1, -0.05) is 6.07 Å². The molecular formula is C25H24N2O4S. The fourth-order valence-corrected chi connectivity index (χ4v) is 4.89. The van der Waals surface area contributed by atoms with Crippen molar-refractivity contribution in [3.63, 3.8) is 0 Å². The van der Waals surface area contributed by atoms with Gasteiger partial charge < -0.3 is 19.1 Å². The first-order chi connectivity index (χ1) is 15.5.